The Bertz CT molecular complexity index is 1050. The first-order valence-electron chi connectivity index (χ1n) is 11.9. The molecule has 2 aromatic rings. The van der Waals surface area contributed by atoms with E-state index in [0.717, 1.165) is 5.56 Å². The van der Waals surface area contributed by atoms with Gasteiger partial charge in [-0.25, -0.2) is 0 Å². The van der Waals surface area contributed by atoms with Gasteiger partial charge >= 0.3 is 12.4 Å². The molecule has 3 rings (SSSR count). The van der Waals surface area contributed by atoms with Crippen LogP contribution in [-0.2, 0) is 23.6 Å². The van der Waals surface area contributed by atoms with Gasteiger partial charge in [-0.15, -0.1) is 0 Å². The average Bonchev–Trinajstić information content (AvgIpc) is 2.82. The SMILES string of the molecule is CC(C)NC(=O)C(Cc1ccccc1)NC1CCN(C(=O)c2cc(C(F)(F)F)cc(C(F)(F)F)c2)CC1. The molecule has 1 aliphatic heterocycles. The van der Waals surface area contributed by atoms with Gasteiger partial charge in [-0.2, -0.15) is 26.3 Å². The van der Waals surface area contributed by atoms with Gasteiger partial charge in [0.1, 0.15) is 0 Å². The Labute approximate surface area is 211 Å². The molecule has 2 amide bonds. The molecular formula is C26H29F6N3O2. The Kier molecular flexibility index (Phi) is 8.88. The van der Waals surface area contributed by atoms with Crippen molar-refractivity contribution in [3.63, 3.8) is 0 Å². The van der Waals surface area contributed by atoms with Gasteiger partial charge < -0.3 is 15.5 Å². The van der Waals surface area contributed by atoms with Crippen LogP contribution in [-0.4, -0.2) is 47.9 Å². The van der Waals surface area contributed by atoms with Crippen molar-refractivity contribution in [3.8, 4) is 0 Å². The number of likely N-dealkylation sites (tertiary alicyclic amines) is 1. The number of hydrogen-bond donors (Lipinski definition) is 2. The fraction of sp³-hybridized carbons (Fsp3) is 0.462. The number of amides is 2. The number of hydrogen-bond acceptors (Lipinski definition) is 3. The Morgan fingerprint density at radius 2 is 1.46 bits per heavy atom. The molecule has 2 N–H and O–H groups in total. The summed E-state index contributed by atoms with van der Waals surface area (Å²) in [5.41, 5.74) is -2.76. The summed E-state index contributed by atoms with van der Waals surface area (Å²) >= 11 is 0. The Morgan fingerprint density at radius 3 is 1.95 bits per heavy atom. The molecule has 2 aromatic carbocycles. The second-order valence-electron chi connectivity index (χ2n) is 9.43. The molecular weight excluding hydrogens is 500 g/mol. The van der Waals surface area contributed by atoms with Crippen molar-refractivity contribution in [2.45, 2.75) is 63.6 Å². The third-order valence-corrected chi connectivity index (χ3v) is 6.08. The Balaban J connectivity index is 1.70. The van der Waals surface area contributed by atoms with Crippen LogP contribution in [0.25, 0.3) is 0 Å². The fourth-order valence-electron chi connectivity index (χ4n) is 4.26. The fourth-order valence-corrected chi connectivity index (χ4v) is 4.26. The van der Waals surface area contributed by atoms with Crippen molar-refractivity contribution in [2.24, 2.45) is 0 Å². The van der Waals surface area contributed by atoms with E-state index in [1.165, 1.54) is 4.90 Å². The molecule has 5 nitrogen and oxygen atoms in total. The maximum atomic E-state index is 13.2. The normalized spacial score (nSPS) is 16.1. The highest BCUT2D eigenvalue weighted by molar-refractivity contribution is 5.94. The van der Waals surface area contributed by atoms with E-state index < -0.39 is 41.0 Å². The Morgan fingerprint density at radius 1 is 0.919 bits per heavy atom. The van der Waals surface area contributed by atoms with Gasteiger partial charge in [-0.3, -0.25) is 9.59 Å². The van der Waals surface area contributed by atoms with Crippen molar-refractivity contribution in [3.05, 3.63) is 70.8 Å². The molecule has 1 aliphatic rings. The number of piperidine rings is 1. The zero-order chi connectivity index (χ0) is 27.4. The lowest BCUT2D eigenvalue weighted by atomic mass is 9.98. The summed E-state index contributed by atoms with van der Waals surface area (Å²) in [4.78, 5) is 26.9. The van der Waals surface area contributed by atoms with Gasteiger partial charge in [-0.05, 0) is 56.9 Å². The van der Waals surface area contributed by atoms with Gasteiger partial charge in [0.15, 0.2) is 0 Å². The number of rotatable bonds is 7. The minimum absolute atomic E-state index is 0.00200. The van der Waals surface area contributed by atoms with Crippen LogP contribution in [0.5, 0.6) is 0 Å². The number of halogens is 6. The van der Waals surface area contributed by atoms with E-state index in [1.807, 2.05) is 44.2 Å². The van der Waals surface area contributed by atoms with Crippen LogP contribution >= 0.6 is 0 Å². The van der Waals surface area contributed by atoms with E-state index in [-0.39, 0.29) is 37.1 Å². The van der Waals surface area contributed by atoms with E-state index >= 15 is 0 Å². The first-order chi connectivity index (χ1) is 17.2. The molecule has 0 saturated carbocycles. The topological polar surface area (TPSA) is 61.4 Å². The van der Waals surface area contributed by atoms with E-state index in [9.17, 15) is 35.9 Å². The molecule has 0 aliphatic carbocycles. The smallest absolute Gasteiger partial charge is 0.353 e. The van der Waals surface area contributed by atoms with E-state index in [4.69, 9.17) is 0 Å². The van der Waals surface area contributed by atoms with E-state index in [1.54, 1.807) is 0 Å². The highest BCUT2D eigenvalue weighted by atomic mass is 19.4. The zero-order valence-corrected chi connectivity index (χ0v) is 20.4. The molecule has 0 radical (unpaired) electrons. The minimum atomic E-state index is -5.03. The van der Waals surface area contributed by atoms with Crippen molar-refractivity contribution in [1.29, 1.82) is 0 Å². The van der Waals surface area contributed by atoms with Gasteiger partial charge in [-0.1, -0.05) is 30.3 Å². The molecule has 1 saturated heterocycles. The maximum absolute atomic E-state index is 13.2. The van der Waals surface area contributed by atoms with Crippen molar-refractivity contribution < 1.29 is 35.9 Å². The predicted molar refractivity (Wildman–Crippen MR) is 126 cm³/mol. The predicted octanol–water partition coefficient (Wildman–Crippen LogP) is 5.05. The molecule has 0 bridgehead atoms. The second kappa shape index (κ2) is 11.5. The van der Waals surface area contributed by atoms with Crippen LogP contribution in [0.15, 0.2) is 48.5 Å². The summed E-state index contributed by atoms with van der Waals surface area (Å²) in [6.07, 6.45) is -8.85. The number of carbonyl (C=O) groups excluding carboxylic acids is 2. The molecule has 37 heavy (non-hydrogen) atoms. The van der Waals surface area contributed by atoms with Gasteiger partial charge in [0.25, 0.3) is 5.91 Å². The van der Waals surface area contributed by atoms with Crippen molar-refractivity contribution in [2.75, 3.05) is 13.1 Å². The summed E-state index contributed by atoms with van der Waals surface area (Å²) in [5.74, 6) is -1.07. The molecule has 0 spiro atoms. The molecule has 0 aromatic heterocycles. The molecule has 1 atom stereocenters. The van der Waals surface area contributed by atoms with Gasteiger partial charge in [0, 0.05) is 30.7 Å². The highest BCUT2D eigenvalue weighted by Crippen LogP contribution is 2.36. The average molecular weight is 530 g/mol. The third kappa shape index (κ3) is 7.95. The standard InChI is InChI=1S/C26H29F6N3O2/c1-16(2)33-23(36)22(12-17-6-4-3-5-7-17)34-21-8-10-35(11-9-21)24(37)18-13-19(25(27,28)29)15-20(14-18)26(30,31)32/h3-7,13-16,21-22,34H,8-12H2,1-2H3,(H,33,36). The van der Waals surface area contributed by atoms with E-state index in [2.05, 4.69) is 10.6 Å². The number of alkyl halides is 6. The summed E-state index contributed by atoms with van der Waals surface area (Å²) in [6.45, 7) is 3.94. The monoisotopic (exact) mass is 529 g/mol. The van der Waals surface area contributed by atoms with Crippen LogP contribution in [0.1, 0.15) is 53.7 Å². The van der Waals surface area contributed by atoms with Crippen molar-refractivity contribution in [1.82, 2.24) is 15.5 Å². The molecule has 11 heteroatoms. The molecule has 1 unspecified atom stereocenters. The van der Waals surface area contributed by atoms with Crippen LogP contribution in [0, 0.1) is 0 Å². The molecule has 1 heterocycles. The van der Waals surface area contributed by atoms with Crippen LogP contribution < -0.4 is 10.6 Å². The first kappa shape index (κ1) is 28.5. The lowest BCUT2D eigenvalue weighted by Gasteiger charge is -2.34. The third-order valence-electron chi connectivity index (χ3n) is 6.08. The second-order valence-corrected chi connectivity index (χ2v) is 9.43. The quantitative estimate of drug-likeness (QED) is 0.494. The maximum Gasteiger partial charge on any atom is 0.416 e. The summed E-state index contributed by atoms with van der Waals surface area (Å²) in [6, 6.07) is 9.55. The van der Waals surface area contributed by atoms with Crippen LogP contribution in [0.4, 0.5) is 26.3 Å². The number of carbonyl (C=O) groups is 2. The largest absolute Gasteiger partial charge is 0.416 e. The van der Waals surface area contributed by atoms with Crippen LogP contribution in [0.2, 0.25) is 0 Å². The van der Waals surface area contributed by atoms with E-state index in [0.29, 0.717) is 31.4 Å². The summed E-state index contributed by atoms with van der Waals surface area (Å²) in [5, 5.41) is 6.21. The lowest BCUT2D eigenvalue weighted by molar-refractivity contribution is -0.143. The van der Waals surface area contributed by atoms with Gasteiger partial charge in [0.05, 0.1) is 17.2 Å². The number of benzene rings is 2. The van der Waals surface area contributed by atoms with Gasteiger partial charge in [0.2, 0.25) is 5.91 Å². The molecule has 202 valence electrons. The molecule has 1 fully saturated rings. The Hall–Kier alpha value is -3.08. The first-order valence-corrected chi connectivity index (χ1v) is 11.9. The van der Waals surface area contributed by atoms with Crippen LogP contribution in [0.3, 0.4) is 0 Å². The zero-order valence-electron chi connectivity index (χ0n) is 20.4. The summed E-state index contributed by atoms with van der Waals surface area (Å²) in [7, 11) is 0. The highest BCUT2D eigenvalue weighted by Gasteiger charge is 2.38. The lowest BCUT2D eigenvalue weighted by Crippen LogP contribution is -2.54. The number of nitrogens with one attached hydrogen (secondary N) is 2. The van der Waals surface area contributed by atoms with Crippen molar-refractivity contribution >= 4 is 11.8 Å². The minimum Gasteiger partial charge on any atom is -0.353 e. The number of nitrogens with zero attached hydrogens (tertiary/aromatic N) is 1. The summed E-state index contributed by atoms with van der Waals surface area (Å²) < 4.78 is 79.1.